The molecule has 0 bridgehead atoms. The molecule has 0 aliphatic carbocycles. The highest BCUT2D eigenvalue weighted by Gasteiger charge is 2.25. The van der Waals surface area contributed by atoms with Crippen molar-refractivity contribution in [3.8, 4) is 11.5 Å². The van der Waals surface area contributed by atoms with Gasteiger partial charge in [0.25, 0.3) is 5.91 Å². The van der Waals surface area contributed by atoms with Crippen LogP contribution in [0.15, 0.2) is 36.7 Å². The van der Waals surface area contributed by atoms with E-state index >= 15 is 0 Å². The van der Waals surface area contributed by atoms with E-state index in [-0.39, 0.29) is 12.0 Å². The van der Waals surface area contributed by atoms with E-state index in [1.807, 2.05) is 36.1 Å². The Labute approximate surface area is 178 Å². The van der Waals surface area contributed by atoms with Gasteiger partial charge < -0.3 is 19.3 Å². The lowest BCUT2D eigenvalue weighted by Crippen LogP contribution is -2.42. The SMILES string of the molecule is CCOc1ccccc1OC1CCCN(c2ncc(C(=O)N3CCCCC3)cn2)C1. The fourth-order valence-electron chi connectivity index (χ4n) is 4.09. The molecule has 1 amide bonds. The largest absolute Gasteiger partial charge is 0.490 e. The van der Waals surface area contributed by atoms with E-state index < -0.39 is 0 Å². The molecule has 7 nitrogen and oxygen atoms in total. The van der Waals surface area contributed by atoms with Gasteiger partial charge in [-0.2, -0.15) is 0 Å². The van der Waals surface area contributed by atoms with Crippen molar-refractivity contribution in [2.24, 2.45) is 0 Å². The van der Waals surface area contributed by atoms with Crippen molar-refractivity contribution in [1.29, 1.82) is 0 Å². The van der Waals surface area contributed by atoms with Crippen molar-refractivity contribution in [2.75, 3.05) is 37.7 Å². The van der Waals surface area contributed by atoms with Gasteiger partial charge in [-0.15, -0.1) is 0 Å². The smallest absolute Gasteiger partial charge is 0.256 e. The Morgan fingerprint density at radius 2 is 1.77 bits per heavy atom. The first-order valence-corrected chi connectivity index (χ1v) is 11.0. The summed E-state index contributed by atoms with van der Waals surface area (Å²) < 4.78 is 11.9. The van der Waals surface area contributed by atoms with Gasteiger partial charge >= 0.3 is 0 Å². The van der Waals surface area contributed by atoms with Gasteiger partial charge in [0.2, 0.25) is 5.95 Å². The van der Waals surface area contributed by atoms with Gasteiger partial charge in [-0.05, 0) is 51.2 Å². The summed E-state index contributed by atoms with van der Waals surface area (Å²) in [6.45, 7) is 5.82. The fraction of sp³-hybridized carbons (Fsp3) is 0.522. The average Bonchev–Trinajstić information content (AvgIpc) is 2.81. The normalized spacial score (nSPS) is 19.4. The van der Waals surface area contributed by atoms with E-state index in [0.717, 1.165) is 56.8 Å². The van der Waals surface area contributed by atoms with Crippen LogP contribution in [-0.4, -0.2) is 59.7 Å². The second-order valence-corrected chi connectivity index (χ2v) is 7.83. The Kier molecular flexibility index (Phi) is 6.67. The molecule has 2 saturated heterocycles. The first kappa shape index (κ1) is 20.4. The number of hydrogen-bond acceptors (Lipinski definition) is 6. The van der Waals surface area contributed by atoms with Crippen LogP contribution in [0.1, 0.15) is 49.4 Å². The summed E-state index contributed by atoms with van der Waals surface area (Å²) in [7, 11) is 0. The van der Waals surface area contributed by atoms with Crippen LogP contribution >= 0.6 is 0 Å². The molecule has 0 N–H and O–H groups in total. The summed E-state index contributed by atoms with van der Waals surface area (Å²) in [4.78, 5) is 25.7. The van der Waals surface area contributed by atoms with Gasteiger partial charge in [-0.3, -0.25) is 4.79 Å². The fourth-order valence-corrected chi connectivity index (χ4v) is 4.09. The number of carbonyl (C=O) groups is 1. The standard InChI is InChI=1S/C23H30N4O3/c1-2-29-20-10-4-5-11-21(20)30-19-9-8-14-27(17-19)23-24-15-18(16-25-23)22(28)26-12-6-3-7-13-26/h4-5,10-11,15-16,19H,2-3,6-9,12-14,17H2,1H3. The third-order valence-corrected chi connectivity index (χ3v) is 5.63. The molecule has 2 aromatic rings. The van der Waals surface area contributed by atoms with Crippen LogP contribution in [0.5, 0.6) is 11.5 Å². The number of carbonyl (C=O) groups excluding carboxylic acids is 1. The monoisotopic (exact) mass is 410 g/mol. The third-order valence-electron chi connectivity index (χ3n) is 5.63. The lowest BCUT2D eigenvalue weighted by atomic mass is 10.1. The molecule has 2 aliphatic heterocycles. The van der Waals surface area contributed by atoms with Gasteiger partial charge in [0, 0.05) is 32.0 Å². The number of benzene rings is 1. The van der Waals surface area contributed by atoms with Gasteiger partial charge in [0.05, 0.1) is 18.7 Å². The Hall–Kier alpha value is -2.83. The van der Waals surface area contributed by atoms with Gasteiger partial charge in [0.15, 0.2) is 11.5 Å². The minimum atomic E-state index is 0.0358. The number of rotatable bonds is 6. The number of likely N-dealkylation sites (tertiary alicyclic amines) is 1. The van der Waals surface area contributed by atoms with Crippen molar-refractivity contribution < 1.29 is 14.3 Å². The Morgan fingerprint density at radius 1 is 1.03 bits per heavy atom. The maximum atomic E-state index is 12.6. The van der Waals surface area contributed by atoms with Crippen molar-refractivity contribution in [3.63, 3.8) is 0 Å². The van der Waals surface area contributed by atoms with E-state index in [2.05, 4.69) is 14.9 Å². The minimum absolute atomic E-state index is 0.0358. The molecule has 0 saturated carbocycles. The van der Waals surface area contributed by atoms with Gasteiger partial charge in [0.1, 0.15) is 6.10 Å². The second-order valence-electron chi connectivity index (χ2n) is 7.83. The van der Waals surface area contributed by atoms with Crippen molar-refractivity contribution in [1.82, 2.24) is 14.9 Å². The van der Waals surface area contributed by atoms with Crippen molar-refractivity contribution in [3.05, 3.63) is 42.2 Å². The molecule has 7 heteroatoms. The summed E-state index contributed by atoms with van der Waals surface area (Å²) in [5.41, 5.74) is 0.566. The van der Waals surface area contributed by atoms with E-state index in [1.165, 1.54) is 6.42 Å². The molecule has 0 radical (unpaired) electrons. The van der Waals surface area contributed by atoms with Crippen molar-refractivity contribution in [2.45, 2.75) is 45.1 Å². The molecule has 4 rings (SSSR count). The highest BCUT2D eigenvalue weighted by molar-refractivity contribution is 5.93. The highest BCUT2D eigenvalue weighted by Crippen LogP contribution is 2.29. The summed E-state index contributed by atoms with van der Waals surface area (Å²) >= 11 is 0. The van der Waals surface area contributed by atoms with E-state index in [0.29, 0.717) is 24.7 Å². The average molecular weight is 411 g/mol. The molecule has 0 spiro atoms. The zero-order chi connectivity index (χ0) is 20.8. The van der Waals surface area contributed by atoms with E-state index in [4.69, 9.17) is 9.47 Å². The minimum Gasteiger partial charge on any atom is -0.490 e. The second kappa shape index (κ2) is 9.78. The van der Waals surface area contributed by atoms with Crippen LogP contribution in [-0.2, 0) is 0 Å². The van der Waals surface area contributed by atoms with Crippen LogP contribution in [0.4, 0.5) is 5.95 Å². The molecule has 1 aromatic carbocycles. The zero-order valence-corrected chi connectivity index (χ0v) is 17.6. The molecule has 1 aromatic heterocycles. The lowest BCUT2D eigenvalue weighted by Gasteiger charge is -2.33. The predicted octanol–water partition coefficient (Wildman–Crippen LogP) is 3.55. The number of aromatic nitrogens is 2. The third kappa shape index (κ3) is 4.83. The summed E-state index contributed by atoms with van der Waals surface area (Å²) in [6.07, 6.45) is 8.69. The van der Waals surface area contributed by atoms with Crippen LogP contribution in [0, 0.1) is 0 Å². The zero-order valence-electron chi connectivity index (χ0n) is 17.6. The number of piperidine rings is 2. The van der Waals surface area contributed by atoms with Crippen LogP contribution in [0.25, 0.3) is 0 Å². The molecular weight excluding hydrogens is 380 g/mol. The Balaban J connectivity index is 1.39. The van der Waals surface area contributed by atoms with Crippen LogP contribution < -0.4 is 14.4 Å². The number of ether oxygens (including phenoxy) is 2. The van der Waals surface area contributed by atoms with E-state index in [9.17, 15) is 4.79 Å². The number of para-hydroxylation sites is 2. The maximum absolute atomic E-state index is 12.6. The van der Waals surface area contributed by atoms with Gasteiger partial charge in [-0.1, -0.05) is 12.1 Å². The van der Waals surface area contributed by atoms with Crippen molar-refractivity contribution >= 4 is 11.9 Å². The summed E-state index contributed by atoms with van der Waals surface area (Å²) in [5, 5.41) is 0. The molecular formula is C23H30N4O3. The molecule has 2 fully saturated rings. The van der Waals surface area contributed by atoms with E-state index in [1.54, 1.807) is 12.4 Å². The molecule has 1 unspecified atom stereocenters. The molecule has 2 aliphatic rings. The maximum Gasteiger partial charge on any atom is 0.256 e. The Morgan fingerprint density at radius 3 is 2.50 bits per heavy atom. The quantitative estimate of drug-likeness (QED) is 0.726. The predicted molar refractivity (Wildman–Crippen MR) is 115 cm³/mol. The molecule has 1 atom stereocenters. The topological polar surface area (TPSA) is 67.8 Å². The number of anilines is 1. The number of amides is 1. The van der Waals surface area contributed by atoms with Crippen LogP contribution in [0.2, 0.25) is 0 Å². The molecule has 30 heavy (non-hydrogen) atoms. The first-order valence-electron chi connectivity index (χ1n) is 11.0. The summed E-state index contributed by atoms with van der Waals surface area (Å²) in [6, 6.07) is 7.79. The van der Waals surface area contributed by atoms with Crippen LogP contribution in [0.3, 0.4) is 0 Å². The lowest BCUT2D eigenvalue weighted by molar-refractivity contribution is 0.0723. The Bertz CT molecular complexity index is 837. The summed E-state index contributed by atoms with van der Waals surface area (Å²) in [5.74, 6) is 2.23. The first-order chi connectivity index (χ1) is 14.7. The number of hydrogen-bond donors (Lipinski definition) is 0. The van der Waals surface area contributed by atoms with Gasteiger partial charge in [-0.25, -0.2) is 9.97 Å². The highest BCUT2D eigenvalue weighted by atomic mass is 16.5. The molecule has 160 valence electrons. The number of nitrogens with zero attached hydrogens (tertiary/aromatic N) is 4. The molecule has 3 heterocycles.